The van der Waals surface area contributed by atoms with Crippen molar-refractivity contribution in [3.63, 3.8) is 0 Å². The predicted molar refractivity (Wildman–Crippen MR) is 115 cm³/mol. The molecule has 0 atom stereocenters. The Kier molecular flexibility index (Phi) is 5.76. The minimum absolute atomic E-state index is 0.0238. The van der Waals surface area contributed by atoms with Crippen molar-refractivity contribution in [2.45, 2.75) is 45.4 Å². The molecule has 3 heterocycles. The molecule has 158 valence electrons. The summed E-state index contributed by atoms with van der Waals surface area (Å²) < 4.78 is 1.73. The molecule has 1 fully saturated rings. The molecular weight excluding hydrogens is 376 g/mol. The number of amides is 1. The number of pyridine rings is 1. The zero-order chi connectivity index (χ0) is 21.3. The van der Waals surface area contributed by atoms with Crippen LogP contribution in [0.1, 0.15) is 58.7 Å². The maximum atomic E-state index is 12.7. The molecular formula is C23H30N6O. The summed E-state index contributed by atoms with van der Waals surface area (Å²) in [4.78, 5) is 21.6. The lowest BCUT2D eigenvalue weighted by Crippen LogP contribution is -2.40. The van der Waals surface area contributed by atoms with Crippen molar-refractivity contribution in [3.8, 4) is 6.07 Å². The fourth-order valence-electron chi connectivity index (χ4n) is 4.60. The van der Waals surface area contributed by atoms with Gasteiger partial charge in [-0.05, 0) is 69.1 Å². The summed E-state index contributed by atoms with van der Waals surface area (Å²) in [5.41, 5.74) is 4.61. The molecule has 7 heteroatoms. The second-order valence-electron chi connectivity index (χ2n) is 8.69. The maximum absolute atomic E-state index is 12.7. The van der Waals surface area contributed by atoms with Crippen molar-refractivity contribution in [1.29, 1.82) is 5.26 Å². The third kappa shape index (κ3) is 4.04. The SMILES string of the molecule is Cc1cc(C(=O)N(C)CC2CCN(c3nc4c(cc3C#N)CCCC4)CC2)nn1C. The quantitative estimate of drug-likeness (QED) is 0.780. The van der Waals surface area contributed by atoms with Gasteiger partial charge in [-0.1, -0.05) is 0 Å². The first-order valence-electron chi connectivity index (χ1n) is 10.9. The summed E-state index contributed by atoms with van der Waals surface area (Å²) in [6.07, 6.45) is 6.41. The highest BCUT2D eigenvalue weighted by Crippen LogP contribution is 2.29. The fourth-order valence-corrected chi connectivity index (χ4v) is 4.60. The van der Waals surface area contributed by atoms with Crippen LogP contribution in [0.25, 0.3) is 0 Å². The van der Waals surface area contributed by atoms with Crippen LogP contribution in [-0.2, 0) is 19.9 Å². The molecule has 30 heavy (non-hydrogen) atoms. The first-order valence-corrected chi connectivity index (χ1v) is 10.9. The number of hydrogen-bond acceptors (Lipinski definition) is 5. The first kappa shape index (κ1) is 20.4. The Balaban J connectivity index is 1.38. The molecule has 0 radical (unpaired) electrons. The van der Waals surface area contributed by atoms with Crippen LogP contribution in [0.5, 0.6) is 0 Å². The lowest BCUT2D eigenvalue weighted by atomic mass is 9.93. The van der Waals surface area contributed by atoms with Crippen LogP contribution in [0.2, 0.25) is 0 Å². The van der Waals surface area contributed by atoms with Gasteiger partial charge in [0.15, 0.2) is 5.69 Å². The van der Waals surface area contributed by atoms with Crippen molar-refractivity contribution < 1.29 is 4.79 Å². The van der Waals surface area contributed by atoms with Gasteiger partial charge in [-0.25, -0.2) is 4.98 Å². The van der Waals surface area contributed by atoms with Crippen LogP contribution in [0.15, 0.2) is 12.1 Å². The van der Waals surface area contributed by atoms with Crippen molar-refractivity contribution in [2.75, 3.05) is 31.6 Å². The Bertz CT molecular complexity index is 961. The van der Waals surface area contributed by atoms with Crippen molar-refractivity contribution in [3.05, 3.63) is 40.3 Å². The summed E-state index contributed by atoms with van der Waals surface area (Å²) in [6, 6.07) is 6.26. The van der Waals surface area contributed by atoms with E-state index in [9.17, 15) is 10.1 Å². The smallest absolute Gasteiger partial charge is 0.274 e. The minimum atomic E-state index is -0.0238. The topological polar surface area (TPSA) is 78.1 Å². The number of nitriles is 1. The zero-order valence-corrected chi connectivity index (χ0v) is 18.2. The van der Waals surface area contributed by atoms with Crippen LogP contribution in [0.4, 0.5) is 5.82 Å². The van der Waals surface area contributed by atoms with E-state index < -0.39 is 0 Å². The summed E-state index contributed by atoms with van der Waals surface area (Å²) >= 11 is 0. The summed E-state index contributed by atoms with van der Waals surface area (Å²) in [5, 5.41) is 14.0. The van der Waals surface area contributed by atoms with Crippen LogP contribution in [0.3, 0.4) is 0 Å². The second-order valence-corrected chi connectivity index (χ2v) is 8.69. The molecule has 2 aromatic rings. The van der Waals surface area contributed by atoms with Crippen molar-refractivity contribution in [2.24, 2.45) is 13.0 Å². The van der Waals surface area contributed by atoms with Crippen molar-refractivity contribution in [1.82, 2.24) is 19.7 Å². The Labute approximate surface area is 178 Å². The average molecular weight is 407 g/mol. The van der Waals surface area contributed by atoms with Gasteiger partial charge in [0.25, 0.3) is 5.91 Å². The van der Waals surface area contributed by atoms with Gasteiger partial charge in [-0.2, -0.15) is 10.4 Å². The Hall–Kier alpha value is -2.88. The van der Waals surface area contributed by atoms with Crippen LogP contribution in [-0.4, -0.2) is 52.3 Å². The normalized spacial score (nSPS) is 16.8. The Morgan fingerprint density at radius 2 is 2.00 bits per heavy atom. The number of carbonyl (C=O) groups is 1. The van der Waals surface area contributed by atoms with Gasteiger partial charge >= 0.3 is 0 Å². The predicted octanol–water partition coefficient (Wildman–Crippen LogP) is 2.86. The van der Waals surface area contributed by atoms with Crippen LogP contribution >= 0.6 is 0 Å². The molecule has 1 amide bonds. The number of aromatic nitrogens is 3. The van der Waals surface area contributed by atoms with Crippen LogP contribution < -0.4 is 4.90 Å². The highest BCUT2D eigenvalue weighted by Gasteiger charge is 2.26. The number of aryl methyl sites for hydroxylation is 4. The molecule has 1 saturated heterocycles. The second kappa shape index (κ2) is 8.47. The molecule has 4 rings (SSSR count). The number of piperidine rings is 1. The zero-order valence-electron chi connectivity index (χ0n) is 18.2. The number of anilines is 1. The van der Waals surface area contributed by atoms with Crippen LogP contribution in [0, 0.1) is 24.2 Å². The maximum Gasteiger partial charge on any atom is 0.274 e. The highest BCUT2D eigenvalue weighted by molar-refractivity contribution is 5.92. The average Bonchev–Trinajstić information content (AvgIpc) is 3.11. The molecule has 0 N–H and O–H groups in total. The lowest BCUT2D eigenvalue weighted by Gasteiger charge is -2.35. The summed E-state index contributed by atoms with van der Waals surface area (Å²) in [6.45, 7) is 4.42. The monoisotopic (exact) mass is 406 g/mol. The van der Waals surface area contributed by atoms with Gasteiger partial charge in [0.1, 0.15) is 11.9 Å². The molecule has 0 unspecified atom stereocenters. The molecule has 2 aliphatic rings. The van der Waals surface area contributed by atoms with E-state index in [1.54, 1.807) is 9.58 Å². The number of rotatable bonds is 4. The van der Waals surface area contributed by atoms with E-state index in [2.05, 4.69) is 22.1 Å². The number of fused-ring (bicyclic) bond motifs is 1. The van der Waals surface area contributed by atoms with Gasteiger partial charge in [-0.15, -0.1) is 0 Å². The van der Waals surface area contributed by atoms with Crippen molar-refractivity contribution >= 4 is 11.7 Å². The minimum Gasteiger partial charge on any atom is -0.355 e. The first-order chi connectivity index (χ1) is 14.5. The largest absolute Gasteiger partial charge is 0.355 e. The Morgan fingerprint density at radius 1 is 1.27 bits per heavy atom. The van der Waals surface area contributed by atoms with Gasteiger partial charge in [-0.3, -0.25) is 9.48 Å². The molecule has 1 aliphatic carbocycles. The molecule has 7 nitrogen and oxygen atoms in total. The molecule has 1 aliphatic heterocycles. The fraction of sp³-hybridized carbons (Fsp3) is 0.565. The van der Waals surface area contributed by atoms with E-state index in [1.165, 1.54) is 24.1 Å². The van der Waals surface area contributed by atoms with Gasteiger partial charge < -0.3 is 9.80 Å². The third-order valence-corrected chi connectivity index (χ3v) is 6.53. The van der Waals surface area contributed by atoms with E-state index >= 15 is 0 Å². The van der Waals surface area contributed by atoms with E-state index in [1.807, 2.05) is 27.1 Å². The standard InChI is InChI=1S/C23H30N6O/c1-16-12-21(26-28(16)3)23(30)27(2)15-17-8-10-29(11-9-17)22-19(14-24)13-18-6-4-5-7-20(18)25-22/h12-13,17H,4-11,15H2,1-3H3. The molecule has 0 aromatic carbocycles. The number of nitrogens with zero attached hydrogens (tertiary/aromatic N) is 6. The highest BCUT2D eigenvalue weighted by atomic mass is 16.2. The molecule has 0 saturated carbocycles. The number of carbonyl (C=O) groups excluding carboxylic acids is 1. The molecule has 0 bridgehead atoms. The summed E-state index contributed by atoms with van der Waals surface area (Å²) in [7, 11) is 3.71. The Morgan fingerprint density at radius 3 is 2.67 bits per heavy atom. The van der Waals surface area contributed by atoms with E-state index in [-0.39, 0.29) is 5.91 Å². The lowest BCUT2D eigenvalue weighted by molar-refractivity contribution is 0.0758. The van der Waals surface area contributed by atoms with Gasteiger partial charge in [0, 0.05) is 45.1 Å². The molecule has 2 aromatic heterocycles. The molecule has 0 spiro atoms. The number of hydrogen-bond donors (Lipinski definition) is 0. The van der Waals surface area contributed by atoms with E-state index in [4.69, 9.17) is 4.98 Å². The van der Waals surface area contributed by atoms with E-state index in [0.717, 1.165) is 56.8 Å². The summed E-state index contributed by atoms with van der Waals surface area (Å²) in [5.74, 6) is 1.28. The third-order valence-electron chi connectivity index (χ3n) is 6.53. The van der Waals surface area contributed by atoms with E-state index in [0.29, 0.717) is 17.2 Å². The van der Waals surface area contributed by atoms with Gasteiger partial charge in [0.2, 0.25) is 0 Å². The van der Waals surface area contributed by atoms with Gasteiger partial charge in [0.05, 0.1) is 5.56 Å².